The molecule has 2 amide bonds. The van der Waals surface area contributed by atoms with Gasteiger partial charge in [-0.2, -0.15) is 0 Å². The number of anilines is 2. The van der Waals surface area contributed by atoms with Crippen LogP contribution in [0.3, 0.4) is 0 Å². The zero-order valence-corrected chi connectivity index (χ0v) is 15.0. The van der Waals surface area contributed by atoms with E-state index in [2.05, 4.69) is 15.5 Å². The third kappa shape index (κ3) is 4.12. The highest BCUT2D eigenvalue weighted by molar-refractivity contribution is 6.05. The second-order valence-corrected chi connectivity index (χ2v) is 6.96. The molecule has 3 rings (SSSR count). The molecule has 0 aliphatic carbocycles. The van der Waals surface area contributed by atoms with Gasteiger partial charge in [0, 0.05) is 25.3 Å². The predicted molar refractivity (Wildman–Crippen MR) is 98.1 cm³/mol. The summed E-state index contributed by atoms with van der Waals surface area (Å²) in [6.45, 7) is 6.09. The van der Waals surface area contributed by atoms with Crippen LogP contribution < -0.4 is 15.5 Å². The lowest BCUT2D eigenvalue weighted by Gasteiger charge is -2.41. The van der Waals surface area contributed by atoms with E-state index < -0.39 is 0 Å². The zero-order valence-electron chi connectivity index (χ0n) is 15.0. The lowest BCUT2D eigenvalue weighted by molar-refractivity contribution is -0.118. The van der Waals surface area contributed by atoms with Crippen molar-refractivity contribution in [3.05, 3.63) is 23.8 Å². The molecule has 0 spiro atoms. The molecule has 0 bridgehead atoms. The maximum absolute atomic E-state index is 12.3. The van der Waals surface area contributed by atoms with E-state index in [0.29, 0.717) is 18.7 Å². The lowest BCUT2D eigenvalue weighted by atomic mass is 9.97. The van der Waals surface area contributed by atoms with Crippen LogP contribution in [0.5, 0.6) is 0 Å². The molecule has 0 unspecified atom stereocenters. The molecule has 1 saturated heterocycles. The summed E-state index contributed by atoms with van der Waals surface area (Å²) in [5, 5.41) is 5.86. The number of nitrogens with zero attached hydrogens (tertiary/aromatic N) is 1. The van der Waals surface area contributed by atoms with E-state index in [1.54, 1.807) is 6.07 Å². The molecule has 1 fully saturated rings. The molecule has 25 heavy (non-hydrogen) atoms. The molecule has 0 aromatic heterocycles. The number of hydrogen-bond acceptors (Lipinski definition) is 4. The SMILES string of the molecule is CC(C)OCCCNC(=O)c1ccc2c(c1)NC(=O)[C@@H]1CCCCN21. The van der Waals surface area contributed by atoms with E-state index in [1.807, 2.05) is 26.0 Å². The molecule has 0 radical (unpaired) electrons. The third-order valence-electron chi connectivity index (χ3n) is 4.69. The van der Waals surface area contributed by atoms with Crippen LogP contribution in [0.15, 0.2) is 18.2 Å². The Labute approximate surface area is 148 Å². The minimum absolute atomic E-state index is 0.0376. The van der Waals surface area contributed by atoms with Crippen LogP contribution in [-0.4, -0.2) is 43.7 Å². The van der Waals surface area contributed by atoms with Crippen LogP contribution >= 0.6 is 0 Å². The monoisotopic (exact) mass is 345 g/mol. The number of ether oxygens (including phenoxy) is 1. The first-order chi connectivity index (χ1) is 12.1. The Morgan fingerprint density at radius 2 is 2.24 bits per heavy atom. The number of hydrogen-bond donors (Lipinski definition) is 2. The maximum Gasteiger partial charge on any atom is 0.251 e. The number of rotatable bonds is 6. The first-order valence-corrected chi connectivity index (χ1v) is 9.17. The largest absolute Gasteiger partial charge is 0.379 e. The fraction of sp³-hybridized carbons (Fsp3) is 0.579. The Balaban J connectivity index is 1.62. The van der Waals surface area contributed by atoms with Crippen molar-refractivity contribution in [1.82, 2.24) is 5.32 Å². The Morgan fingerprint density at radius 3 is 3.04 bits per heavy atom. The topological polar surface area (TPSA) is 70.7 Å². The summed E-state index contributed by atoms with van der Waals surface area (Å²) in [4.78, 5) is 26.8. The number of piperidine rings is 1. The summed E-state index contributed by atoms with van der Waals surface area (Å²) < 4.78 is 5.46. The van der Waals surface area contributed by atoms with Crippen LogP contribution in [0.1, 0.15) is 49.9 Å². The molecule has 1 aromatic rings. The van der Waals surface area contributed by atoms with Gasteiger partial charge in [-0.1, -0.05) is 0 Å². The molecular weight excluding hydrogens is 318 g/mol. The molecule has 1 aromatic carbocycles. The highest BCUT2D eigenvalue weighted by Crippen LogP contribution is 2.36. The second kappa shape index (κ2) is 7.87. The van der Waals surface area contributed by atoms with Crippen molar-refractivity contribution in [1.29, 1.82) is 0 Å². The molecule has 2 aliphatic heterocycles. The molecule has 2 heterocycles. The minimum atomic E-state index is -0.123. The van der Waals surface area contributed by atoms with Gasteiger partial charge in [0.25, 0.3) is 5.91 Å². The molecule has 6 heteroatoms. The molecule has 1 atom stereocenters. The van der Waals surface area contributed by atoms with E-state index >= 15 is 0 Å². The van der Waals surface area contributed by atoms with Gasteiger partial charge in [0.05, 0.1) is 17.5 Å². The Hall–Kier alpha value is -2.08. The van der Waals surface area contributed by atoms with Gasteiger partial charge in [0.15, 0.2) is 0 Å². The molecule has 2 aliphatic rings. The van der Waals surface area contributed by atoms with Gasteiger partial charge in [-0.05, 0) is 57.7 Å². The van der Waals surface area contributed by atoms with Crippen LogP contribution in [0.2, 0.25) is 0 Å². The van der Waals surface area contributed by atoms with Crippen molar-refractivity contribution in [2.24, 2.45) is 0 Å². The van der Waals surface area contributed by atoms with Gasteiger partial charge >= 0.3 is 0 Å². The fourth-order valence-corrected chi connectivity index (χ4v) is 3.43. The van der Waals surface area contributed by atoms with Crippen molar-refractivity contribution >= 4 is 23.2 Å². The van der Waals surface area contributed by atoms with E-state index in [4.69, 9.17) is 4.74 Å². The van der Waals surface area contributed by atoms with Crippen molar-refractivity contribution in [3.8, 4) is 0 Å². The first-order valence-electron chi connectivity index (χ1n) is 9.17. The second-order valence-electron chi connectivity index (χ2n) is 6.96. The van der Waals surface area contributed by atoms with E-state index in [1.165, 1.54) is 0 Å². The van der Waals surface area contributed by atoms with Gasteiger partial charge in [-0.3, -0.25) is 9.59 Å². The fourth-order valence-electron chi connectivity index (χ4n) is 3.43. The van der Waals surface area contributed by atoms with Crippen LogP contribution in [0.4, 0.5) is 11.4 Å². The van der Waals surface area contributed by atoms with Gasteiger partial charge in [-0.25, -0.2) is 0 Å². The highest BCUT2D eigenvalue weighted by Gasteiger charge is 2.34. The molecule has 136 valence electrons. The number of carbonyl (C=O) groups excluding carboxylic acids is 2. The van der Waals surface area contributed by atoms with Crippen LogP contribution in [0, 0.1) is 0 Å². The van der Waals surface area contributed by atoms with E-state index in [-0.39, 0.29) is 24.0 Å². The van der Waals surface area contributed by atoms with Crippen LogP contribution in [-0.2, 0) is 9.53 Å². The first kappa shape index (κ1) is 17.7. The quantitative estimate of drug-likeness (QED) is 0.778. The van der Waals surface area contributed by atoms with Crippen molar-refractivity contribution in [2.75, 3.05) is 29.9 Å². The van der Waals surface area contributed by atoms with Gasteiger partial charge in [0.1, 0.15) is 6.04 Å². The number of benzene rings is 1. The number of carbonyl (C=O) groups is 2. The Kier molecular flexibility index (Phi) is 5.58. The Bertz CT molecular complexity index is 645. The number of amides is 2. The summed E-state index contributed by atoms with van der Waals surface area (Å²) in [5.41, 5.74) is 2.32. The molecule has 6 nitrogen and oxygen atoms in total. The average Bonchev–Trinajstić information content (AvgIpc) is 2.61. The summed E-state index contributed by atoms with van der Waals surface area (Å²) >= 11 is 0. The average molecular weight is 345 g/mol. The van der Waals surface area contributed by atoms with Crippen molar-refractivity contribution in [3.63, 3.8) is 0 Å². The van der Waals surface area contributed by atoms with E-state index in [0.717, 1.165) is 43.6 Å². The molecule has 2 N–H and O–H groups in total. The summed E-state index contributed by atoms with van der Waals surface area (Å²) in [5.74, 6) is -0.0852. The van der Waals surface area contributed by atoms with Gasteiger partial charge in [0.2, 0.25) is 5.91 Å². The highest BCUT2D eigenvalue weighted by atomic mass is 16.5. The summed E-state index contributed by atoms with van der Waals surface area (Å²) in [7, 11) is 0. The normalized spacial score (nSPS) is 19.2. The standard InChI is InChI=1S/C19H27N3O3/c1-13(2)25-11-5-9-20-18(23)14-7-8-16-15(12-14)21-19(24)17-6-3-4-10-22(16)17/h7-8,12-13,17H,3-6,9-11H2,1-2H3,(H,20,23)(H,21,24)/t17-/m0/s1. The maximum atomic E-state index is 12.3. The van der Waals surface area contributed by atoms with Crippen molar-refractivity contribution in [2.45, 2.75) is 51.7 Å². The lowest BCUT2D eigenvalue weighted by Crippen LogP contribution is -2.50. The van der Waals surface area contributed by atoms with Crippen molar-refractivity contribution < 1.29 is 14.3 Å². The summed E-state index contributed by atoms with van der Waals surface area (Å²) in [6.07, 6.45) is 4.07. The minimum Gasteiger partial charge on any atom is -0.379 e. The smallest absolute Gasteiger partial charge is 0.251 e. The Morgan fingerprint density at radius 1 is 1.40 bits per heavy atom. The van der Waals surface area contributed by atoms with E-state index in [9.17, 15) is 9.59 Å². The van der Waals surface area contributed by atoms with Gasteiger partial charge < -0.3 is 20.3 Å². The molecule has 0 saturated carbocycles. The molecular formula is C19H27N3O3. The number of fused-ring (bicyclic) bond motifs is 3. The zero-order chi connectivity index (χ0) is 17.8. The summed E-state index contributed by atoms with van der Waals surface area (Å²) in [6, 6.07) is 5.49. The van der Waals surface area contributed by atoms with Crippen LogP contribution in [0.25, 0.3) is 0 Å². The predicted octanol–water partition coefficient (Wildman–Crippen LogP) is 2.54. The third-order valence-corrected chi connectivity index (χ3v) is 4.69. The number of nitrogens with one attached hydrogen (secondary N) is 2. The van der Waals surface area contributed by atoms with Gasteiger partial charge in [-0.15, -0.1) is 0 Å².